The molecule has 0 aliphatic rings. The summed E-state index contributed by atoms with van der Waals surface area (Å²) >= 11 is 0. The molecule has 0 heterocycles. The van der Waals surface area contributed by atoms with Gasteiger partial charge in [0.1, 0.15) is 0 Å². The smallest absolute Gasteiger partial charge is 0.00229 e. The molecule has 0 aliphatic heterocycles. The standard InChI is InChI=1S/C19H24/c1-14(2)17-11-9-16(10-12-17)13-18-7-5-6-8-19(18)15(3)4/h5-12,14-15H,13H2,1-4H3. The van der Waals surface area contributed by atoms with Gasteiger partial charge in [-0.05, 0) is 40.5 Å². The Morgan fingerprint density at radius 3 is 1.95 bits per heavy atom. The Morgan fingerprint density at radius 2 is 1.37 bits per heavy atom. The highest BCUT2D eigenvalue weighted by Gasteiger charge is 2.06. The minimum absolute atomic E-state index is 0.589. The molecule has 0 bridgehead atoms. The van der Waals surface area contributed by atoms with Gasteiger partial charge in [0.15, 0.2) is 0 Å². The fourth-order valence-corrected chi connectivity index (χ4v) is 2.50. The van der Waals surface area contributed by atoms with Crippen molar-refractivity contribution in [2.24, 2.45) is 0 Å². The van der Waals surface area contributed by atoms with E-state index in [9.17, 15) is 0 Å². The van der Waals surface area contributed by atoms with Crippen LogP contribution < -0.4 is 0 Å². The normalized spacial score (nSPS) is 11.3. The summed E-state index contributed by atoms with van der Waals surface area (Å²) in [6.45, 7) is 9.01. The van der Waals surface area contributed by atoms with Crippen LogP contribution in [0, 0.1) is 0 Å². The van der Waals surface area contributed by atoms with E-state index in [2.05, 4.69) is 76.2 Å². The molecular formula is C19H24. The van der Waals surface area contributed by atoms with Crippen LogP contribution in [0.25, 0.3) is 0 Å². The van der Waals surface area contributed by atoms with Crippen molar-refractivity contribution in [2.45, 2.75) is 46.0 Å². The molecule has 0 spiro atoms. The lowest BCUT2D eigenvalue weighted by molar-refractivity contribution is 0.847. The average Bonchev–Trinajstić information content (AvgIpc) is 2.39. The van der Waals surface area contributed by atoms with Crippen molar-refractivity contribution in [3.8, 4) is 0 Å². The van der Waals surface area contributed by atoms with Gasteiger partial charge in [-0.15, -0.1) is 0 Å². The molecule has 19 heavy (non-hydrogen) atoms. The lowest BCUT2D eigenvalue weighted by atomic mass is 9.92. The highest BCUT2D eigenvalue weighted by molar-refractivity contribution is 5.35. The van der Waals surface area contributed by atoms with Crippen LogP contribution in [0.3, 0.4) is 0 Å². The van der Waals surface area contributed by atoms with Crippen LogP contribution in [-0.2, 0) is 6.42 Å². The van der Waals surface area contributed by atoms with Crippen molar-refractivity contribution < 1.29 is 0 Å². The topological polar surface area (TPSA) is 0 Å². The Balaban J connectivity index is 2.21. The predicted molar refractivity (Wildman–Crippen MR) is 83.9 cm³/mol. The first kappa shape index (κ1) is 13.9. The Labute approximate surface area is 117 Å². The van der Waals surface area contributed by atoms with Gasteiger partial charge in [-0.2, -0.15) is 0 Å². The predicted octanol–water partition coefficient (Wildman–Crippen LogP) is 5.52. The van der Waals surface area contributed by atoms with Crippen LogP contribution in [0.1, 0.15) is 61.8 Å². The van der Waals surface area contributed by atoms with Crippen molar-refractivity contribution in [3.05, 3.63) is 70.8 Å². The SMILES string of the molecule is CC(C)c1ccc(Cc2ccccc2C(C)C)cc1. The quantitative estimate of drug-likeness (QED) is 0.671. The average molecular weight is 252 g/mol. The van der Waals surface area contributed by atoms with Crippen LogP contribution in [-0.4, -0.2) is 0 Å². The molecule has 2 rings (SSSR count). The summed E-state index contributed by atoms with van der Waals surface area (Å²) in [5.41, 5.74) is 5.74. The maximum Gasteiger partial charge on any atom is -0.00229 e. The van der Waals surface area contributed by atoms with Gasteiger partial charge in [0.2, 0.25) is 0 Å². The lowest BCUT2D eigenvalue weighted by Crippen LogP contribution is -1.97. The maximum absolute atomic E-state index is 2.27. The summed E-state index contributed by atoms with van der Waals surface area (Å²) in [4.78, 5) is 0. The van der Waals surface area contributed by atoms with Crippen LogP contribution in [0.2, 0.25) is 0 Å². The van der Waals surface area contributed by atoms with E-state index < -0.39 is 0 Å². The van der Waals surface area contributed by atoms with Crippen molar-refractivity contribution in [1.82, 2.24) is 0 Å². The van der Waals surface area contributed by atoms with Gasteiger partial charge in [0.05, 0.1) is 0 Å². The zero-order valence-electron chi connectivity index (χ0n) is 12.5. The van der Waals surface area contributed by atoms with E-state index in [1.165, 1.54) is 22.3 Å². The third-order valence-electron chi connectivity index (χ3n) is 3.72. The molecule has 0 N–H and O–H groups in total. The summed E-state index contributed by atoms with van der Waals surface area (Å²) in [7, 11) is 0. The van der Waals surface area contributed by atoms with E-state index in [1.54, 1.807) is 0 Å². The van der Waals surface area contributed by atoms with Gasteiger partial charge in [-0.3, -0.25) is 0 Å². The lowest BCUT2D eigenvalue weighted by Gasteiger charge is -2.13. The molecule has 2 aromatic carbocycles. The van der Waals surface area contributed by atoms with E-state index >= 15 is 0 Å². The van der Waals surface area contributed by atoms with E-state index in [0.29, 0.717) is 11.8 Å². The number of hydrogen-bond acceptors (Lipinski definition) is 0. The zero-order valence-corrected chi connectivity index (χ0v) is 12.5. The van der Waals surface area contributed by atoms with Gasteiger partial charge in [0, 0.05) is 0 Å². The molecule has 0 nitrogen and oxygen atoms in total. The monoisotopic (exact) mass is 252 g/mol. The molecule has 0 amide bonds. The highest BCUT2D eigenvalue weighted by atomic mass is 14.1. The van der Waals surface area contributed by atoms with Crippen LogP contribution in [0.15, 0.2) is 48.5 Å². The van der Waals surface area contributed by atoms with Gasteiger partial charge < -0.3 is 0 Å². The van der Waals surface area contributed by atoms with Crippen molar-refractivity contribution in [1.29, 1.82) is 0 Å². The fraction of sp³-hybridized carbons (Fsp3) is 0.368. The second-order valence-electron chi connectivity index (χ2n) is 5.93. The molecule has 0 saturated heterocycles. The summed E-state index contributed by atoms with van der Waals surface area (Å²) in [5.74, 6) is 1.20. The molecular weight excluding hydrogens is 228 g/mol. The fourth-order valence-electron chi connectivity index (χ4n) is 2.50. The molecule has 100 valence electrons. The van der Waals surface area contributed by atoms with E-state index in [4.69, 9.17) is 0 Å². The van der Waals surface area contributed by atoms with Crippen LogP contribution in [0.4, 0.5) is 0 Å². The Kier molecular flexibility index (Phi) is 4.42. The summed E-state index contributed by atoms with van der Waals surface area (Å²) in [5, 5.41) is 0. The molecule has 0 fully saturated rings. The second-order valence-corrected chi connectivity index (χ2v) is 5.93. The van der Waals surface area contributed by atoms with E-state index in [-0.39, 0.29) is 0 Å². The maximum atomic E-state index is 2.27. The molecule has 0 radical (unpaired) electrons. The summed E-state index contributed by atoms with van der Waals surface area (Å²) in [6.07, 6.45) is 1.03. The minimum Gasteiger partial charge on any atom is -0.0620 e. The third-order valence-corrected chi connectivity index (χ3v) is 3.72. The Morgan fingerprint density at radius 1 is 0.737 bits per heavy atom. The highest BCUT2D eigenvalue weighted by Crippen LogP contribution is 2.23. The van der Waals surface area contributed by atoms with Crippen molar-refractivity contribution in [3.63, 3.8) is 0 Å². The molecule has 0 heteroatoms. The largest absolute Gasteiger partial charge is 0.0620 e. The minimum atomic E-state index is 0.589. The zero-order chi connectivity index (χ0) is 13.8. The number of benzene rings is 2. The molecule has 0 saturated carbocycles. The first-order valence-electron chi connectivity index (χ1n) is 7.24. The van der Waals surface area contributed by atoms with Gasteiger partial charge in [0.25, 0.3) is 0 Å². The summed E-state index contributed by atoms with van der Waals surface area (Å²) in [6, 6.07) is 17.9. The second kappa shape index (κ2) is 6.06. The Bertz CT molecular complexity index is 518. The number of rotatable bonds is 4. The van der Waals surface area contributed by atoms with Crippen LogP contribution in [0.5, 0.6) is 0 Å². The summed E-state index contributed by atoms with van der Waals surface area (Å²) < 4.78 is 0. The van der Waals surface area contributed by atoms with Crippen LogP contribution >= 0.6 is 0 Å². The number of hydrogen-bond donors (Lipinski definition) is 0. The van der Waals surface area contributed by atoms with Gasteiger partial charge in [-0.1, -0.05) is 76.2 Å². The molecule has 0 atom stereocenters. The van der Waals surface area contributed by atoms with Crippen molar-refractivity contribution in [2.75, 3.05) is 0 Å². The van der Waals surface area contributed by atoms with Gasteiger partial charge >= 0.3 is 0 Å². The van der Waals surface area contributed by atoms with Gasteiger partial charge in [-0.25, -0.2) is 0 Å². The molecule has 0 aliphatic carbocycles. The molecule has 0 aromatic heterocycles. The first-order valence-corrected chi connectivity index (χ1v) is 7.24. The molecule has 0 unspecified atom stereocenters. The van der Waals surface area contributed by atoms with Crippen molar-refractivity contribution >= 4 is 0 Å². The third kappa shape index (κ3) is 3.47. The first-order chi connectivity index (χ1) is 9.08. The molecule has 2 aromatic rings. The van der Waals surface area contributed by atoms with E-state index in [1.807, 2.05) is 0 Å². The van der Waals surface area contributed by atoms with E-state index in [0.717, 1.165) is 6.42 Å². The Hall–Kier alpha value is -1.56.